The molecule has 7 nitrogen and oxygen atoms in total. The normalized spacial score (nSPS) is 11.4. The molecule has 0 fully saturated rings. The molecule has 3 aromatic heterocycles. The Balaban J connectivity index is 0.000000150. The van der Waals surface area contributed by atoms with Gasteiger partial charge in [0.15, 0.2) is 1.41 Å². The number of nitrogens with zero attached hydrogens (tertiary/aromatic N) is 6. The van der Waals surface area contributed by atoms with Crippen LogP contribution in [0.2, 0.25) is 1.41 Å². The van der Waals surface area contributed by atoms with Gasteiger partial charge in [-0.25, -0.2) is 0 Å². The number of nitrogens with one attached hydrogen (secondary N) is 1. The molecule has 0 spiro atoms. The zero-order chi connectivity index (χ0) is 71.6. The molecule has 17 aromatic carbocycles. The molecule has 20 aromatic rings. The SMILES string of the molecule is [2H]N=P.c1ccc(N(c2ccc(-c3ccc(N(c4ccccc4)c4cccc5ccccc45)cc3)cc2)c2cccc3ccccc23)cc1.c1ccc2c(c1)c1ccccc1n2-c1ccc(N(c2ccc(-n3c4ccccc4c4ccccc43)cc2)c2ccc(-n3c4ccccc4c4ccccc43)cc2)cc1. The van der Waals surface area contributed by atoms with Gasteiger partial charge in [-0.05, 0) is 201 Å². The quantitative estimate of drug-likeness (QED) is 0.117. The fourth-order valence-electron chi connectivity index (χ4n) is 15.7. The highest BCUT2D eigenvalue weighted by molar-refractivity contribution is 7.02. The van der Waals surface area contributed by atoms with Crippen LogP contribution in [0.3, 0.4) is 0 Å². The van der Waals surface area contributed by atoms with E-state index in [0.29, 0.717) is 0 Å². The predicted molar refractivity (Wildman–Crippen MR) is 451 cm³/mol. The highest BCUT2D eigenvalue weighted by Gasteiger charge is 2.22. The van der Waals surface area contributed by atoms with Gasteiger partial charge in [-0.1, -0.05) is 243 Å². The summed E-state index contributed by atoms with van der Waals surface area (Å²) in [5.41, 5.74) is 23.0. The highest BCUT2D eigenvalue weighted by Crippen LogP contribution is 2.45. The average Bonchev–Trinajstić information content (AvgIpc) is 1.01. The van der Waals surface area contributed by atoms with Crippen LogP contribution < -0.4 is 14.7 Å². The summed E-state index contributed by atoms with van der Waals surface area (Å²) in [5.74, 6) is 0. The van der Waals surface area contributed by atoms with Crippen molar-refractivity contribution in [1.29, 1.82) is 5.15 Å². The number of para-hydroxylation sites is 8. The Bertz CT molecular complexity index is 5880. The Hall–Kier alpha value is -13.8. The average molecular weight is 1380 g/mol. The third-order valence-electron chi connectivity index (χ3n) is 20.5. The second-order valence-corrected chi connectivity index (χ2v) is 26.4. The first-order valence-electron chi connectivity index (χ1n) is 36.2. The van der Waals surface area contributed by atoms with Crippen molar-refractivity contribution in [2.24, 2.45) is 0 Å². The molecule has 8 heteroatoms. The summed E-state index contributed by atoms with van der Waals surface area (Å²) in [6.07, 6.45) is 0. The van der Waals surface area contributed by atoms with E-state index in [1.54, 1.807) is 0 Å². The first-order chi connectivity index (χ1) is 53.0. The van der Waals surface area contributed by atoms with Crippen molar-refractivity contribution in [1.82, 2.24) is 13.7 Å². The first kappa shape index (κ1) is 63.1. The lowest BCUT2D eigenvalue weighted by atomic mass is 10.0. The number of hydrogen-bond acceptors (Lipinski definition) is 4. The number of anilines is 9. The van der Waals surface area contributed by atoms with Crippen molar-refractivity contribution in [2.45, 2.75) is 0 Å². The summed E-state index contributed by atoms with van der Waals surface area (Å²) in [5, 5.41) is 15.0. The van der Waals surface area contributed by atoms with E-state index in [0.717, 1.165) is 68.2 Å². The lowest BCUT2D eigenvalue weighted by molar-refractivity contribution is 1.16. The van der Waals surface area contributed by atoms with Gasteiger partial charge in [-0.2, -0.15) is 0 Å². The monoisotopic (exact) mass is 1380 g/mol. The number of fused-ring (bicyclic) bond motifs is 11. The molecule has 0 saturated heterocycles. The van der Waals surface area contributed by atoms with Crippen LogP contribution in [0.5, 0.6) is 0 Å². The molecular weight excluding hydrogens is 1310 g/mol. The van der Waals surface area contributed by atoms with Gasteiger partial charge >= 0.3 is 0 Å². The molecule has 3 heterocycles. The van der Waals surface area contributed by atoms with Gasteiger partial charge in [0.1, 0.15) is 0 Å². The summed E-state index contributed by atoms with van der Waals surface area (Å²) < 4.78 is 12.9. The van der Waals surface area contributed by atoms with Crippen molar-refractivity contribution in [3.05, 3.63) is 413 Å². The van der Waals surface area contributed by atoms with Gasteiger partial charge in [-0.3, -0.25) is 5.15 Å². The summed E-state index contributed by atoms with van der Waals surface area (Å²) in [6, 6.07) is 148. The topological polar surface area (TPSA) is 48.4 Å². The minimum Gasteiger partial charge on any atom is -0.310 e. The van der Waals surface area contributed by atoms with Gasteiger partial charge in [0.25, 0.3) is 0 Å². The zero-order valence-electron chi connectivity index (χ0n) is 58.9. The minimum atomic E-state index is 1.08. The second kappa shape index (κ2) is 28.2. The summed E-state index contributed by atoms with van der Waals surface area (Å²) in [6.45, 7) is 0. The number of aromatic nitrogens is 3. The zero-order valence-corrected chi connectivity index (χ0v) is 58.9. The second-order valence-electron chi connectivity index (χ2n) is 26.4. The fourth-order valence-corrected chi connectivity index (χ4v) is 15.7. The Labute approximate surface area is 619 Å². The van der Waals surface area contributed by atoms with E-state index in [2.05, 4.69) is 455 Å². The summed E-state index contributed by atoms with van der Waals surface area (Å²) in [4.78, 5) is 7.05. The minimum absolute atomic E-state index is 1.08. The molecule has 0 radical (unpaired) electrons. The van der Waals surface area contributed by atoms with Crippen LogP contribution in [0.1, 0.15) is 0 Å². The Morgan fingerprint density at radius 2 is 0.406 bits per heavy atom. The van der Waals surface area contributed by atoms with Crippen molar-refractivity contribution < 1.29 is 1.41 Å². The number of hydrogen-bond donors (Lipinski definition) is 1. The molecule has 502 valence electrons. The van der Waals surface area contributed by atoms with E-state index in [1.165, 1.54) is 98.1 Å². The maximum absolute atomic E-state index is 5.75. The molecule has 0 amide bonds. The van der Waals surface area contributed by atoms with Gasteiger partial charge < -0.3 is 28.4 Å². The smallest absolute Gasteiger partial charge is 0.192 e. The Morgan fingerprint density at radius 1 is 0.198 bits per heavy atom. The maximum Gasteiger partial charge on any atom is 0.192 e. The third kappa shape index (κ3) is 11.6. The van der Waals surface area contributed by atoms with Crippen LogP contribution in [0, 0.1) is 5.15 Å². The van der Waals surface area contributed by atoms with Crippen molar-refractivity contribution in [2.75, 3.05) is 14.7 Å². The fraction of sp³-hybridized carbons (Fsp3) is 0. The van der Waals surface area contributed by atoms with Gasteiger partial charge in [-0.15, -0.1) is 0 Å². The molecule has 1 N–H and O–H groups in total. The molecular formula is C98H70N7P. The Morgan fingerprint density at radius 3 is 0.689 bits per heavy atom. The standard InChI is InChI=1S/C54H36N4.C44H32N2.H2NP/c1-7-19-49-43(13-1)44-14-2-8-20-50(44)56(49)40-31-25-37(26-32-40)55(38-27-33-41(34-28-38)57-51-21-9-3-15-45(51)46-16-4-10-22-52(46)57)39-29-35-42(36-30-39)58-53-23-11-5-17-47(53)48-18-6-12-24-54(48)58;1-3-17-37(18-4-1)45(43-23-11-15-35-13-7-9-21-41(35)43)39-29-25-33(26-30-39)34-27-31-40(32-28-34)46(38-19-5-2-6-20-38)44-24-12-16-36-14-8-10-22-42(36)44;1-2/h1-36H;1-32H;1-2H/i/hD. The molecule has 0 aliphatic rings. The van der Waals surface area contributed by atoms with Crippen LogP contribution in [-0.4, -0.2) is 13.7 Å². The van der Waals surface area contributed by atoms with E-state index < -0.39 is 0 Å². The molecule has 0 unspecified atom stereocenters. The predicted octanol–water partition coefficient (Wildman–Crippen LogP) is 27.9. The molecule has 0 saturated carbocycles. The molecule has 0 atom stereocenters. The van der Waals surface area contributed by atoms with E-state index in [9.17, 15) is 0 Å². The molecule has 0 bridgehead atoms. The summed E-state index contributed by atoms with van der Waals surface area (Å²) >= 11 is 0. The van der Waals surface area contributed by atoms with Crippen LogP contribution in [0.4, 0.5) is 51.2 Å². The molecule has 0 aliphatic carbocycles. The van der Waals surface area contributed by atoms with Crippen molar-refractivity contribution in [3.63, 3.8) is 0 Å². The molecule has 106 heavy (non-hydrogen) atoms. The van der Waals surface area contributed by atoms with E-state index in [4.69, 9.17) is 1.41 Å². The Kier molecular flexibility index (Phi) is 16.8. The van der Waals surface area contributed by atoms with Crippen LogP contribution in [0.15, 0.2) is 413 Å². The van der Waals surface area contributed by atoms with Crippen LogP contribution >= 0.6 is 9.03 Å². The van der Waals surface area contributed by atoms with Gasteiger partial charge in [0, 0.05) is 100.0 Å². The maximum atomic E-state index is 5.75. The lowest BCUT2D eigenvalue weighted by Crippen LogP contribution is -2.10. The number of benzene rings is 17. The number of rotatable bonds is 13. The van der Waals surface area contributed by atoms with Crippen molar-refractivity contribution in [3.8, 4) is 28.2 Å². The first-order valence-corrected chi connectivity index (χ1v) is 36.2. The van der Waals surface area contributed by atoms with Crippen LogP contribution in [0.25, 0.3) is 115 Å². The molecule has 0 aliphatic heterocycles. The van der Waals surface area contributed by atoms with E-state index >= 15 is 0 Å². The van der Waals surface area contributed by atoms with Gasteiger partial charge in [0.2, 0.25) is 0 Å². The lowest BCUT2D eigenvalue weighted by Gasteiger charge is -2.27. The van der Waals surface area contributed by atoms with E-state index in [-0.39, 0.29) is 0 Å². The highest BCUT2D eigenvalue weighted by atomic mass is 31.0. The van der Waals surface area contributed by atoms with Crippen molar-refractivity contribution >= 4 is 147 Å². The molecule has 20 rings (SSSR count). The van der Waals surface area contributed by atoms with E-state index in [1.807, 2.05) is 0 Å². The largest absolute Gasteiger partial charge is 0.310 e. The summed E-state index contributed by atoms with van der Waals surface area (Å²) in [7, 11) is 2.48. The van der Waals surface area contributed by atoms with Gasteiger partial charge in [0.05, 0.1) is 44.5 Å². The van der Waals surface area contributed by atoms with Crippen LogP contribution in [-0.2, 0) is 0 Å². The third-order valence-corrected chi connectivity index (χ3v) is 20.5.